The van der Waals surface area contributed by atoms with Gasteiger partial charge in [0.15, 0.2) is 0 Å². The molecular weight excluding hydrogens is 194 g/mol. The second-order valence-electron chi connectivity index (χ2n) is 3.53. The fraction of sp³-hybridized carbons (Fsp3) is 0.909. The van der Waals surface area contributed by atoms with Crippen molar-refractivity contribution in [2.75, 3.05) is 13.7 Å². The molecule has 1 fully saturated rings. The molecule has 0 bridgehead atoms. The molecule has 0 aromatic carbocycles. The Bertz CT molecular complexity index is 179. The van der Waals surface area contributed by atoms with Gasteiger partial charge in [0.25, 0.3) is 0 Å². The van der Waals surface area contributed by atoms with Gasteiger partial charge in [-0.05, 0) is 26.3 Å². The fourth-order valence-electron chi connectivity index (χ4n) is 1.85. The molecule has 0 radical (unpaired) electrons. The smallest absolute Gasteiger partial charge is 0.308 e. The number of carboxylic acids is 1. The molecule has 3 atom stereocenters. The summed E-state index contributed by atoms with van der Waals surface area (Å²) in [4.78, 5) is 10.7. The van der Waals surface area contributed by atoms with Gasteiger partial charge in [-0.15, -0.1) is 0 Å². The van der Waals surface area contributed by atoms with Crippen LogP contribution in [0.15, 0.2) is 0 Å². The second kappa shape index (κ2) is 7.65. The average Bonchev–Trinajstić information content (AvgIpc) is 2.75. The van der Waals surface area contributed by atoms with Crippen molar-refractivity contribution in [3.63, 3.8) is 0 Å². The van der Waals surface area contributed by atoms with Crippen LogP contribution in [0.5, 0.6) is 0 Å². The fourth-order valence-corrected chi connectivity index (χ4v) is 1.85. The highest BCUT2D eigenvalue weighted by atomic mass is 16.5. The van der Waals surface area contributed by atoms with E-state index in [-0.39, 0.29) is 12.1 Å². The minimum atomic E-state index is -0.791. The number of carbonyl (C=O) groups is 1. The minimum Gasteiger partial charge on any atom is -0.481 e. The van der Waals surface area contributed by atoms with Crippen molar-refractivity contribution in [3.05, 3.63) is 0 Å². The molecule has 2 N–H and O–H groups in total. The maximum Gasteiger partial charge on any atom is 0.308 e. The zero-order valence-electron chi connectivity index (χ0n) is 10.1. The molecule has 1 saturated heterocycles. The third-order valence-corrected chi connectivity index (χ3v) is 2.65. The normalized spacial score (nSPS) is 23.9. The number of aliphatic carboxylic acids is 1. The molecule has 0 amide bonds. The van der Waals surface area contributed by atoms with Crippen molar-refractivity contribution in [1.29, 1.82) is 0 Å². The van der Waals surface area contributed by atoms with Gasteiger partial charge >= 0.3 is 5.97 Å². The van der Waals surface area contributed by atoms with E-state index in [9.17, 15) is 4.79 Å². The van der Waals surface area contributed by atoms with Crippen LogP contribution in [0.4, 0.5) is 0 Å². The van der Waals surface area contributed by atoms with Crippen LogP contribution >= 0.6 is 0 Å². The highest BCUT2D eigenvalue weighted by molar-refractivity contribution is 5.70. The lowest BCUT2D eigenvalue weighted by Crippen LogP contribution is -2.43. The molecule has 0 saturated carbocycles. The maximum atomic E-state index is 10.7. The number of carboxylic acid groups (broad SMARTS) is 1. The van der Waals surface area contributed by atoms with Crippen LogP contribution in [0.25, 0.3) is 0 Å². The zero-order valence-corrected chi connectivity index (χ0v) is 10.1. The summed E-state index contributed by atoms with van der Waals surface area (Å²) in [6.07, 6.45) is 1.91. The molecule has 0 aromatic heterocycles. The SMILES string of the molecule is CC.COC(C1CCCN1)C(C)C(=O)O. The van der Waals surface area contributed by atoms with E-state index in [1.54, 1.807) is 14.0 Å². The van der Waals surface area contributed by atoms with Crippen molar-refractivity contribution < 1.29 is 14.6 Å². The van der Waals surface area contributed by atoms with Crippen LogP contribution < -0.4 is 5.32 Å². The summed E-state index contributed by atoms with van der Waals surface area (Å²) in [5, 5.41) is 12.1. The number of methoxy groups -OCH3 is 1. The van der Waals surface area contributed by atoms with E-state index < -0.39 is 11.9 Å². The van der Waals surface area contributed by atoms with E-state index in [1.165, 1.54) is 0 Å². The van der Waals surface area contributed by atoms with Crippen LogP contribution in [0.3, 0.4) is 0 Å². The Morgan fingerprint density at radius 3 is 2.47 bits per heavy atom. The van der Waals surface area contributed by atoms with Gasteiger partial charge in [-0.1, -0.05) is 13.8 Å². The van der Waals surface area contributed by atoms with Crippen molar-refractivity contribution in [2.45, 2.75) is 45.8 Å². The molecule has 4 nitrogen and oxygen atoms in total. The molecule has 1 aliphatic rings. The lowest BCUT2D eigenvalue weighted by molar-refractivity contribution is -0.146. The summed E-state index contributed by atoms with van der Waals surface area (Å²) < 4.78 is 5.21. The van der Waals surface area contributed by atoms with Gasteiger partial charge in [-0.2, -0.15) is 0 Å². The third kappa shape index (κ3) is 4.18. The Labute approximate surface area is 92.0 Å². The Balaban J connectivity index is 0.000000921. The lowest BCUT2D eigenvalue weighted by Gasteiger charge is -2.25. The number of hydrogen-bond donors (Lipinski definition) is 2. The van der Waals surface area contributed by atoms with Gasteiger partial charge in [0, 0.05) is 13.2 Å². The van der Waals surface area contributed by atoms with Crippen LogP contribution in [-0.4, -0.2) is 36.9 Å². The summed E-state index contributed by atoms with van der Waals surface area (Å²) in [7, 11) is 1.57. The summed E-state index contributed by atoms with van der Waals surface area (Å²) in [6.45, 7) is 6.66. The molecule has 90 valence electrons. The van der Waals surface area contributed by atoms with Crippen molar-refractivity contribution in [2.24, 2.45) is 5.92 Å². The monoisotopic (exact) mass is 217 g/mol. The predicted molar refractivity (Wildman–Crippen MR) is 60.0 cm³/mol. The first-order valence-electron chi connectivity index (χ1n) is 5.65. The van der Waals surface area contributed by atoms with Gasteiger partial charge < -0.3 is 15.2 Å². The first-order valence-corrected chi connectivity index (χ1v) is 5.65. The quantitative estimate of drug-likeness (QED) is 0.749. The minimum absolute atomic E-state index is 0.205. The van der Waals surface area contributed by atoms with Crippen molar-refractivity contribution in [1.82, 2.24) is 5.32 Å². The van der Waals surface area contributed by atoms with Crippen LogP contribution in [0, 0.1) is 5.92 Å². The number of nitrogens with one attached hydrogen (secondary N) is 1. The van der Waals surface area contributed by atoms with Crippen molar-refractivity contribution >= 4 is 5.97 Å². The summed E-state index contributed by atoms with van der Waals surface area (Å²) in [5.74, 6) is -1.24. The van der Waals surface area contributed by atoms with E-state index in [0.717, 1.165) is 19.4 Å². The molecule has 1 aliphatic heterocycles. The Hall–Kier alpha value is -0.610. The molecule has 3 unspecified atom stereocenters. The highest BCUT2D eigenvalue weighted by Gasteiger charge is 2.32. The molecule has 1 heterocycles. The Kier molecular flexibility index (Phi) is 7.34. The van der Waals surface area contributed by atoms with Crippen LogP contribution in [-0.2, 0) is 9.53 Å². The second-order valence-corrected chi connectivity index (χ2v) is 3.53. The topological polar surface area (TPSA) is 58.6 Å². The van der Waals surface area contributed by atoms with E-state index in [0.29, 0.717) is 0 Å². The van der Waals surface area contributed by atoms with Crippen LogP contribution in [0.1, 0.15) is 33.6 Å². The molecule has 15 heavy (non-hydrogen) atoms. The largest absolute Gasteiger partial charge is 0.481 e. The molecule has 4 heteroatoms. The number of hydrogen-bond acceptors (Lipinski definition) is 3. The van der Waals surface area contributed by atoms with Gasteiger partial charge in [0.1, 0.15) is 0 Å². The highest BCUT2D eigenvalue weighted by Crippen LogP contribution is 2.18. The molecular formula is C11H23NO3. The first kappa shape index (κ1) is 14.4. The summed E-state index contributed by atoms with van der Waals surface area (Å²) in [5.41, 5.74) is 0. The standard InChI is InChI=1S/C9H17NO3.C2H6/c1-6(9(11)12)8(13-2)7-4-3-5-10-7;1-2/h6-8,10H,3-5H2,1-2H3,(H,11,12);1-2H3. The van der Waals surface area contributed by atoms with Crippen LogP contribution in [0.2, 0.25) is 0 Å². The maximum absolute atomic E-state index is 10.7. The zero-order chi connectivity index (χ0) is 11.8. The van der Waals surface area contributed by atoms with Gasteiger partial charge in [0.2, 0.25) is 0 Å². The number of ether oxygens (including phenoxy) is 1. The van der Waals surface area contributed by atoms with Gasteiger partial charge in [0.05, 0.1) is 12.0 Å². The molecule has 1 rings (SSSR count). The third-order valence-electron chi connectivity index (χ3n) is 2.65. The van der Waals surface area contributed by atoms with E-state index in [2.05, 4.69) is 5.32 Å². The molecule has 0 aliphatic carbocycles. The molecule has 0 aromatic rings. The van der Waals surface area contributed by atoms with Gasteiger partial charge in [-0.25, -0.2) is 0 Å². The van der Waals surface area contributed by atoms with E-state index >= 15 is 0 Å². The lowest BCUT2D eigenvalue weighted by atomic mass is 9.97. The van der Waals surface area contributed by atoms with Gasteiger partial charge in [-0.3, -0.25) is 4.79 Å². The summed E-state index contributed by atoms with van der Waals surface area (Å²) in [6, 6.07) is 0.205. The summed E-state index contributed by atoms with van der Waals surface area (Å²) >= 11 is 0. The molecule has 0 spiro atoms. The first-order chi connectivity index (χ1) is 7.16. The van der Waals surface area contributed by atoms with Crippen molar-refractivity contribution in [3.8, 4) is 0 Å². The van der Waals surface area contributed by atoms with E-state index in [1.807, 2.05) is 13.8 Å². The predicted octanol–water partition coefficient (Wildman–Crippen LogP) is 1.50. The number of rotatable bonds is 4. The average molecular weight is 217 g/mol. The Morgan fingerprint density at radius 2 is 2.13 bits per heavy atom. The Morgan fingerprint density at radius 1 is 1.53 bits per heavy atom. The van der Waals surface area contributed by atoms with E-state index in [4.69, 9.17) is 9.84 Å².